The molecule has 0 spiro atoms. The summed E-state index contributed by atoms with van der Waals surface area (Å²) in [4.78, 5) is 20.3. The van der Waals surface area contributed by atoms with Crippen LogP contribution in [0.5, 0.6) is 0 Å². The molecule has 4 rings (SSSR count). The minimum atomic E-state index is -4.79. The molecule has 0 saturated heterocycles. The Kier molecular flexibility index (Phi) is 5.03. The number of hydrogen-bond donors (Lipinski definition) is 0. The molecule has 174 valence electrons. The van der Waals surface area contributed by atoms with Crippen molar-refractivity contribution in [1.29, 1.82) is 0 Å². The number of halogens is 6. The molecule has 0 fully saturated rings. The van der Waals surface area contributed by atoms with Crippen LogP contribution in [-0.2, 0) is 22.2 Å². The number of imidazole rings is 1. The maximum atomic E-state index is 13.2. The van der Waals surface area contributed by atoms with Crippen molar-refractivity contribution in [1.82, 2.24) is 18.8 Å². The molecule has 0 N–H and O–H groups in total. The molecule has 0 unspecified atom stereocenters. The van der Waals surface area contributed by atoms with Crippen LogP contribution in [0.4, 0.5) is 26.3 Å². The van der Waals surface area contributed by atoms with Gasteiger partial charge in [0.2, 0.25) is 0 Å². The van der Waals surface area contributed by atoms with Gasteiger partial charge >= 0.3 is 12.4 Å². The van der Waals surface area contributed by atoms with E-state index in [9.17, 15) is 39.6 Å². The molecule has 0 saturated carbocycles. The van der Waals surface area contributed by atoms with Crippen molar-refractivity contribution in [2.24, 2.45) is 0 Å². The van der Waals surface area contributed by atoms with Crippen LogP contribution in [0.2, 0.25) is 0 Å². The minimum Gasteiger partial charge on any atom is -0.307 e. The molecule has 0 bridgehead atoms. The van der Waals surface area contributed by atoms with Gasteiger partial charge in [-0.1, -0.05) is 6.92 Å². The van der Waals surface area contributed by atoms with Gasteiger partial charge in [0.1, 0.15) is 17.0 Å². The summed E-state index contributed by atoms with van der Waals surface area (Å²) >= 11 is 0. The molecule has 7 nitrogen and oxygen atoms in total. The zero-order chi connectivity index (χ0) is 24.3. The van der Waals surface area contributed by atoms with Crippen LogP contribution in [0.25, 0.3) is 22.6 Å². The predicted molar refractivity (Wildman–Crippen MR) is 103 cm³/mol. The fraction of sp³-hybridized carbons (Fsp3) is 0.211. The molecule has 0 atom stereocenters. The average molecular weight is 490 g/mol. The zero-order valence-electron chi connectivity index (χ0n) is 16.4. The van der Waals surface area contributed by atoms with Crippen LogP contribution >= 0.6 is 0 Å². The van der Waals surface area contributed by atoms with Gasteiger partial charge in [-0.25, -0.2) is 13.4 Å². The Morgan fingerprint density at radius 3 is 2.00 bits per heavy atom. The van der Waals surface area contributed by atoms with E-state index in [4.69, 9.17) is 0 Å². The SMILES string of the molecule is CCS(=O)(=O)c1c(-c2cn3cc(C(F)(F)F)ccc3nc2=O)nc2ccc(C(F)(F)F)cn12. The van der Waals surface area contributed by atoms with Gasteiger partial charge in [-0.15, -0.1) is 0 Å². The van der Waals surface area contributed by atoms with E-state index in [1.54, 1.807) is 0 Å². The van der Waals surface area contributed by atoms with E-state index in [1.807, 2.05) is 0 Å². The van der Waals surface area contributed by atoms with Crippen molar-refractivity contribution in [2.45, 2.75) is 24.3 Å². The molecule has 0 aliphatic rings. The van der Waals surface area contributed by atoms with Gasteiger partial charge in [-0.05, 0) is 24.3 Å². The largest absolute Gasteiger partial charge is 0.417 e. The summed E-state index contributed by atoms with van der Waals surface area (Å²) in [6.07, 6.45) is -7.39. The van der Waals surface area contributed by atoms with Crippen LogP contribution in [0.15, 0.2) is 52.7 Å². The molecule has 4 aromatic heterocycles. The lowest BCUT2D eigenvalue weighted by molar-refractivity contribution is -0.138. The summed E-state index contributed by atoms with van der Waals surface area (Å²) in [5, 5.41) is -0.697. The number of hydrogen-bond acceptors (Lipinski definition) is 5. The smallest absolute Gasteiger partial charge is 0.307 e. The summed E-state index contributed by atoms with van der Waals surface area (Å²) in [5.41, 5.74) is -4.59. The second-order valence-electron chi connectivity index (χ2n) is 6.95. The fourth-order valence-electron chi connectivity index (χ4n) is 3.20. The summed E-state index contributed by atoms with van der Waals surface area (Å²) in [7, 11) is -4.25. The van der Waals surface area contributed by atoms with Crippen LogP contribution in [0, 0.1) is 0 Å². The van der Waals surface area contributed by atoms with Crippen LogP contribution in [0.1, 0.15) is 18.1 Å². The Hall–Kier alpha value is -3.42. The molecule has 4 heterocycles. The van der Waals surface area contributed by atoms with Crippen molar-refractivity contribution in [3.8, 4) is 11.3 Å². The van der Waals surface area contributed by atoms with Crippen molar-refractivity contribution >= 4 is 21.1 Å². The third kappa shape index (κ3) is 3.94. The standard InChI is InChI=1S/C19H12F6N4O3S/c1-2-33(31,32)17-15(26-14-6-4-11(8-29(14)17)19(23,24)25)12-9-28-7-10(18(20,21)22)3-5-13(28)27-16(12)30/h3-9H,2H2,1H3. The second-order valence-corrected chi connectivity index (χ2v) is 9.15. The first kappa shape index (κ1) is 22.8. The molecule has 0 radical (unpaired) electrons. The number of sulfone groups is 1. The van der Waals surface area contributed by atoms with Gasteiger partial charge in [-0.3, -0.25) is 9.20 Å². The molecular weight excluding hydrogens is 478 g/mol. The summed E-state index contributed by atoms with van der Waals surface area (Å²) < 4.78 is 106. The highest BCUT2D eigenvalue weighted by molar-refractivity contribution is 7.91. The van der Waals surface area contributed by atoms with Gasteiger partial charge < -0.3 is 4.40 Å². The Morgan fingerprint density at radius 2 is 1.42 bits per heavy atom. The molecular formula is C19H12F6N4O3S. The van der Waals surface area contributed by atoms with Crippen LogP contribution < -0.4 is 5.56 Å². The van der Waals surface area contributed by atoms with Gasteiger partial charge in [0.05, 0.1) is 22.4 Å². The lowest BCUT2D eigenvalue weighted by Gasteiger charge is -2.10. The number of pyridine rings is 2. The number of aromatic nitrogens is 4. The van der Waals surface area contributed by atoms with E-state index < -0.39 is 60.9 Å². The molecule has 0 amide bonds. The highest BCUT2D eigenvalue weighted by Crippen LogP contribution is 2.33. The third-order valence-electron chi connectivity index (χ3n) is 4.83. The number of alkyl halides is 6. The molecule has 4 aromatic rings. The predicted octanol–water partition coefficient (Wildman–Crippen LogP) is 3.84. The fourth-order valence-corrected chi connectivity index (χ4v) is 4.37. The van der Waals surface area contributed by atoms with Crippen molar-refractivity contribution in [3.63, 3.8) is 0 Å². The van der Waals surface area contributed by atoms with E-state index in [2.05, 4.69) is 9.97 Å². The van der Waals surface area contributed by atoms with Gasteiger partial charge in [-0.2, -0.15) is 31.3 Å². The minimum absolute atomic E-state index is 0.153. The van der Waals surface area contributed by atoms with E-state index in [0.29, 0.717) is 22.9 Å². The summed E-state index contributed by atoms with van der Waals surface area (Å²) in [6.45, 7) is 1.24. The molecule has 14 heteroatoms. The molecule has 0 aliphatic carbocycles. The summed E-state index contributed by atoms with van der Waals surface area (Å²) in [6, 6.07) is 3.29. The highest BCUT2D eigenvalue weighted by Gasteiger charge is 2.34. The Bertz CT molecular complexity index is 1570. The van der Waals surface area contributed by atoms with Crippen molar-refractivity contribution < 1.29 is 34.8 Å². The van der Waals surface area contributed by atoms with Gasteiger partial charge in [0.25, 0.3) is 5.56 Å². The van der Waals surface area contributed by atoms with E-state index in [-0.39, 0.29) is 11.3 Å². The van der Waals surface area contributed by atoms with E-state index >= 15 is 0 Å². The number of nitrogens with zero attached hydrogens (tertiary/aromatic N) is 4. The highest BCUT2D eigenvalue weighted by atomic mass is 32.2. The van der Waals surface area contributed by atoms with Crippen molar-refractivity contribution in [3.05, 3.63) is 64.3 Å². The normalized spacial score (nSPS) is 13.2. The summed E-state index contributed by atoms with van der Waals surface area (Å²) in [5.74, 6) is -0.537. The monoisotopic (exact) mass is 490 g/mol. The van der Waals surface area contributed by atoms with Crippen LogP contribution in [0.3, 0.4) is 0 Å². The maximum absolute atomic E-state index is 13.2. The van der Waals surface area contributed by atoms with E-state index in [0.717, 1.165) is 28.8 Å². The first-order valence-electron chi connectivity index (χ1n) is 9.15. The van der Waals surface area contributed by atoms with Gasteiger partial charge in [0, 0.05) is 18.6 Å². The topological polar surface area (TPSA) is 85.8 Å². The van der Waals surface area contributed by atoms with E-state index in [1.165, 1.54) is 6.92 Å². The molecule has 0 aromatic carbocycles. The quantitative estimate of drug-likeness (QED) is 0.408. The second kappa shape index (κ2) is 7.30. The van der Waals surface area contributed by atoms with Gasteiger partial charge in [0.15, 0.2) is 14.9 Å². The average Bonchev–Trinajstić information content (AvgIpc) is 3.11. The Labute approximate surface area is 180 Å². The third-order valence-corrected chi connectivity index (χ3v) is 6.57. The first-order chi connectivity index (χ1) is 15.2. The number of fused-ring (bicyclic) bond motifs is 2. The van der Waals surface area contributed by atoms with Crippen molar-refractivity contribution in [2.75, 3.05) is 5.75 Å². The Balaban J connectivity index is 2.07. The maximum Gasteiger partial charge on any atom is 0.417 e. The number of rotatable bonds is 3. The first-order valence-corrected chi connectivity index (χ1v) is 10.8. The lowest BCUT2D eigenvalue weighted by Crippen LogP contribution is -2.16. The molecule has 33 heavy (non-hydrogen) atoms. The van der Waals surface area contributed by atoms with Crippen LogP contribution in [-0.4, -0.2) is 32.9 Å². The molecule has 0 aliphatic heterocycles. The Morgan fingerprint density at radius 1 is 0.848 bits per heavy atom. The zero-order valence-corrected chi connectivity index (χ0v) is 17.3. The lowest BCUT2D eigenvalue weighted by atomic mass is 10.2.